The molecule has 1 unspecified atom stereocenters. The minimum absolute atomic E-state index is 0. The van der Waals surface area contributed by atoms with E-state index in [2.05, 4.69) is 10.4 Å². The van der Waals surface area contributed by atoms with Crippen LogP contribution in [0.3, 0.4) is 0 Å². The van der Waals surface area contributed by atoms with Gasteiger partial charge in [0.1, 0.15) is 0 Å². The van der Waals surface area contributed by atoms with Gasteiger partial charge in [-0.1, -0.05) is 32.0 Å². The van der Waals surface area contributed by atoms with Crippen molar-refractivity contribution in [3.63, 3.8) is 0 Å². The number of carbonyl (C=O) groups excluding carboxylic acids is 1. The van der Waals surface area contributed by atoms with Crippen molar-refractivity contribution in [1.82, 2.24) is 20.0 Å². The van der Waals surface area contributed by atoms with Gasteiger partial charge in [-0.2, -0.15) is 5.10 Å². The molecule has 1 aromatic heterocycles. The van der Waals surface area contributed by atoms with Crippen molar-refractivity contribution in [2.24, 2.45) is 11.8 Å². The molecule has 27 heavy (non-hydrogen) atoms. The smallest absolute Gasteiger partial charge is 0.274 e. The molecule has 1 N–H and O–H groups in total. The number of aromatic nitrogens is 2. The van der Waals surface area contributed by atoms with E-state index < -0.39 is 0 Å². The Morgan fingerprint density at radius 2 is 2.00 bits per heavy atom. The number of benzene rings is 1. The van der Waals surface area contributed by atoms with Crippen molar-refractivity contribution < 1.29 is 4.79 Å². The Morgan fingerprint density at radius 3 is 2.67 bits per heavy atom. The summed E-state index contributed by atoms with van der Waals surface area (Å²) in [6.45, 7) is 6.98. The third-order valence-electron chi connectivity index (χ3n) is 4.91. The standard InChI is InChI=1S/C20H28N4O2.ClH/c1-14(2)12-24-19(25)17-9-5-4-8-16(17)18(22-24)20(26)23-10-6-7-15(13-23)11-21-3;/h4-5,8-9,14-15,21H,6-7,10-13H2,1-3H3;1H. The second-order valence-electron chi connectivity index (χ2n) is 7.59. The Kier molecular flexibility index (Phi) is 7.39. The van der Waals surface area contributed by atoms with Gasteiger partial charge < -0.3 is 10.2 Å². The van der Waals surface area contributed by atoms with Crippen LogP contribution in [0.25, 0.3) is 10.8 Å². The summed E-state index contributed by atoms with van der Waals surface area (Å²) in [6.07, 6.45) is 2.13. The molecule has 6 nitrogen and oxygen atoms in total. The minimum Gasteiger partial charge on any atom is -0.337 e. The van der Waals surface area contributed by atoms with Crippen LogP contribution in [0.15, 0.2) is 29.1 Å². The Balaban J connectivity index is 0.00000261. The molecule has 0 bridgehead atoms. The molecule has 1 amide bonds. The molecular formula is C20H29ClN4O2. The van der Waals surface area contributed by atoms with Crippen LogP contribution in [0.5, 0.6) is 0 Å². The van der Waals surface area contributed by atoms with Crippen molar-refractivity contribution >= 4 is 29.1 Å². The van der Waals surface area contributed by atoms with Gasteiger partial charge in [0.2, 0.25) is 0 Å². The number of piperidine rings is 1. The highest BCUT2D eigenvalue weighted by Crippen LogP contribution is 2.21. The first-order chi connectivity index (χ1) is 12.5. The molecule has 3 rings (SSSR count). The lowest BCUT2D eigenvalue weighted by Gasteiger charge is -2.32. The van der Waals surface area contributed by atoms with Crippen LogP contribution < -0.4 is 10.9 Å². The van der Waals surface area contributed by atoms with Crippen LogP contribution in [0.4, 0.5) is 0 Å². The van der Waals surface area contributed by atoms with E-state index in [-0.39, 0.29) is 29.8 Å². The normalized spacial score (nSPS) is 17.2. The van der Waals surface area contributed by atoms with Crippen LogP contribution in [0.2, 0.25) is 0 Å². The zero-order chi connectivity index (χ0) is 18.7. The van der Waals surface area contributed by atoms with Crippen molar-refractivity contribution in [3.05, 3.63) is 40.3 Å². The second-order valence-corrected chi connectivity index (χ2v) is 7.59. The molecule has 2 aromatic rings. The molecule has 0 spiro atoms. The molecule has 1 atom stereocenters. The van der Waals surface area contributed by atoms with E-state index in [1.54, 1.807) is 6.07 Å². The fraction of sp³-hybridized carbons (Fsp3) is 0.550. The van der Waals surface area contributed by atoms with Gasteiger partial charge in [-0.05, 0) is 44.3 Å². The highest BCUT2D eigenvalue weighted by molar-refractivity contribution is 6.04. The number of amides is 1. The molecular weight excluding hydrogens is 364 g/mol. The van der Waals surface area contributed by atoms with Crippen LogP contribution >= 0.6 is 12.4 Å². The Bertz CT molecular complexity index is 847. The number of halogens is 1. The molecule has 1 aliphatic heterocycles. The highest BCUT2D eigenvalue weighted by Gasteiger charge is 2.27. The first kappa shape index (κ1) is 21.4. The molecule has 0 aliphatic carbocycles. The SMILES string of the molecule is CNCC1CCCN(C(=O)c2nn(CC(C)C)c(=O)c3ccccc23)C1.Cl. The van der Waals surface area contributed by atoms with Gasteiger partial charge in [-0.25, -0.2) is 4.68 Å². The van der Waals surface area contributed by atoms with E-state index in [1.807, 2.05) is 44.0 Å². The summed E-state index contributed by atoms with van der Waals surface area (Å²) in [5, 5.41) is 8.91. The Labute approximate surface area is 166 Å². The van der Waals surface area contributed by atoms with E-state index in [4.69, 9.17) is 0 Å². The summed E-state index contributed by atoms with van der Waals surface area (Å²) in [5.41, 5.74) is 0.267. The predicted octanol–water partition coefficient (Wildman–Crippen LogP) is 2.55. The highest BCUT2D eigenvalue weighted by atomic mass is 35.5. The summed E-state index contributed by atoms with van der Waals surface area (Å²) < 4.78 is 1.45. The van der Waals surface area contributed by atoms with Gasteiger partial charge in [-0.15, -0.1) is 12.4 Å². The predicted molar refractivity (Wildman–Crippen MR) is 111 cm³/mol. The van der Waals surface area contributed by atoms with Gasteiger partial charge in [0.15, 0.2) is 5.69 Å². The molecule has 1 fully saturated rings. The lowest BCUT2D eigenvalue weighted by Crippen LogP contribution is -2.43. The number of likely N-dealkylation sites (tertiary alicyclic amines) is 1. The second kappa shape index (κ2) is 9.33. The number of nitrogens with one attached hydrogen (secondary N) is 1. The number of rotatable bonds is 5. The summed E-state index contributed by atoms with van der Waals surface area (Å²) in [4.78, 5) is 27.9. The molecule has 148 valence electrons. The zero-order valence-electron chi connectivity index (χ0n) is 16.3. The maximum atomic E-state index is 13.2. The Morgan fingerprint density at radius 1 is 1.30 bits per heavy atom. The van der Waals surface area contributed by atoms with E-state index in [9.17, 15) is 9.59 Å². The van der Waals surface area contributed by atoms with Crippen molar-refractivity contribution in [1.29, 1.82) is 0 Å². The van der Waals surface area contributed by atoms with Crippen LogP contribution in [0, 0.1) is 11.8 Å². The third-order valence-corrected chi connectivity index (χ3v) is 4.91. The molecule has 1 aromatic carbocycles. The molecule has 0 radical (unpaired) electrons. The maximum absolute atomic E-state index is 13.2. The average molecular weight is 393 g/mol. The first-order valence-corrected chi connectivity index (χ1v) is 9.45. The summed E-state index contributed by atoms with van der Waals surface area (Å²) in [7, 11) is 1.94. The van der Waals surface area contributed by atoms with Gasteiger partial charge in [-0.3, -0.25) is 9.59 Å². The van der Waals surface area contributed by atoms with Gasteiger partial charge in [0.25, 0.3) is 11.5 Å². The largest absolute Gasteiger partial charge is 0.337 e. The van der Waals surface area contributed by atoms with Crippen molar-refractivity contribution in [2.45, 2.75) is 33.2 Å². The summed E-state index contributed by atoms with van der Waals surface area (Å²) in [6, 6.07) is 7.30. The average Bonchev–Trinajstić information content (AvgIpc) is 2.64. The van der Waals surface area contributed by atoms with Gasteiger partial charge in [0, 0.05) is 25.0 Å². The summed E-state index contributed by atoms with van der Waals surface area (Å²) in [5.74, 6) is 0.671. The monoisotopic (exact) mass is 392 g/mol. The summed E-state index contributed by atoms with van der Waals surface area (Å²) >= 11 is 0. The number of hydrogen-bond donors (Lipinski definition) is 1. The molecule has 1 aliphatic rings. The van der Waals surface area contributed by atoms with Crippen LogP contribution in [-0.2, 0) is 6.54 Å². The molecule has 0 saturated carbocycles. The van der Waals surface area contributed by atoms with Gasteiger partial charge >= 0.3 is 0 Å². The van der Waals surface area contributed by atoms with E-state index >= 15 is 0 Å². The first-order valence-electron chi connectivity index (χ1n) is 9.45. The van der Waals surface area contributed by atoms with Crippen molar-refractivity contribution in [3.8, 4) is 0 Å². The fourth-order valence-electron chi connectivity index (χ4n) is 3.72. The van der Waals surface area contributed by atoms with E-state index in [0.29, 0.717) is 28.9 Å². The molecule has 2 heterocycles. The zero-order valence-corrected chi connectivity index (χ0v) is 17.1. The number of fused-ring (bicyclic) bond motifs is 1. The van der Waals surface area contributed by atoms with E-state index in [1.165, 1.54) is 4.68 Å². The van der Waals surface area contributed by atoms with Crippen molar-refractivity contribution in [2.75, 3.05) is 26.7 Å². The topological polar surface area (TPSA) is 67.2 Å². The number of carbonyl (C=O) groups is 1. The fourth-order valence-corrected chi connectivity index (χ4v) is 3.72. The lowest BCUT2D eigenvalue weighted by atomic mass is 9.97. The molecule has 7 heteroatoms. The minimum atomic E-state index is -0.127. The van der Waals surface area contributed by atoms with E-state index in [0.717, 1.165) is 32.5 Å². The molecule has 1 saturated heterocycles. The third kappa shape index (κ3) is 4.68. The Hall–Kier alpha value is -1.92. The quantitative estimate of drug-likeness (QED) is 0.849. The lowest BCUT2D eigenvalue weighted by molar-refractivity contribution is 0.0667. The number of nitrogens with zero attached hydrogens (tertiary/aromatic N) is 3. The number of hydrogen-bond acceptors (Lipinski definition) is 4. The van der Waals surface area contributed by atoms with Crippen LogP contribution in [0.1, 0.15) is 37.2 Å². The van der Waals surface area contributed by atoms with Crippen LogP contribution in [-0.4, -0.2) is 47.3 Å². The maximum Gasteiger partial charge on any atom is 0.274 e. The van der Waals surface area contributed by atoms with Gasteiger partial charge in [0.05, 0.1) is 5.39 Å².